The first-order valence-corrected chi connectivity index (χ1v) is 7.87. The van der Waals surface area contributed by atoms with Gasteiger partial charge in [0.25, 0.3) is 5.91 Å². The molecule has 7 nitrogen and oxygen atoms in total. The third-order valence-corrected chi connectivity index (χ3v) is 4.11. The maximum atomic E-state index is 12.3. The van der Waals surface area contributed by atoms with Gasteiger partial charge in [-0.05, 0) is 25.0 Å². The minimum Gasteiger partial charge on any atom is -0.486 e. The predicted octanol–water partition coefficient (Wildman–Crippen LogP) is 1.35. The standard InChI is InChI=1S/C16H18N4O3/c21-16(19-7-3-4-8-19)13-10-20(18-17-13)9-12-11-22-14-5-1-2-6-15(14)23-12/h1-2,5-6,10,12H,3-4,7-9,11H2. The number of carbonyl (C=O) groups excluding carboxylic acids is 1. The summed E-state index contributed by atoms with van der Waals surface area (Å²) in [5.74, 6) is 1.45. The molecule has 2 aromatic rings. The monoisotopic (exact) mass is 314 g/mol. The molecular weight excluding hydrogens is 296 g/mol. The number of nitrogens with zero attached hydrogens (tertiary/aromatic N) is 4. The predicted molar refractivity (Wildman–Crippen MR) is 81.5 cm³/mol. The van der Waals surface area contributed by atoms with Crippen molar-refractivity contribution >= 4 is 5.91 Å². The number of aromatic nitrogens is 3. The summed E-state index contributed by atoms with van der Waals surface area (Å²) in [7, 11) is 0. The number of ether oxygens (including phenoxy) is 2. The zero-order valence-electron chi connectivity index (χ0n) is 12.7. The molecule has 0 spiro atoms. The Morgan fingerprint density at radius 1 is 1.22 bits per heavy atom. The third kappa shape index (κ3) is 2.86. The van der Waals surface area contributed by atoms with Crippen molar-refractivity contribution in [3.05, 3.63) is 36.2 Å². The first-order chi connectivity index (χ1) is 11.3. The van der Waals surface area contributed by atoms with Crippen LogP contribution < -0.4 is 9.47 Å². The number of hydrogen-bond donors (Lipinski definition) is 0. The van der Waals surface area contributed by atoms with Gasteiger partial charge in [0, 0.05) is 13.1 Å². The molecule has 1 unspecified atom stereocenters. The SMILES string of the molecule is O=C(c1cn(CC2COc3ccccc3O2)nn1)N1CCCC1. The Balaban J connectivity index is 1.41. The normalized spacial score (nSPS) is 19.8. The van der Waals surface area contributed by atoms with Crippen molar-refractivity contribution in [2.75, 3.05) is 19.7 Å². The Hall–Kier alpha value is -2.57. The summed E-state index contributed by atoms with van der Waals surface area (Å²) in [6, 6.07) is 7.59. The number of rotatable bonds is 3. The van der Waals surface area contributed by atoms with Gasteiger partial charge in [0.1, 0.15) is 6.61 Å². The highest BCUT2D eigenvalue weighted by Crippen LogP contribution is 2.31. The maximum Gasteiger partial charge on any atom is 0.276 e. The summed E-state index contributed by atoms with van der Waals surface area (Å²) >= 11 is 0. The van der Waals surface area contributed by atoms with Crippen LogP contribution in [0.4, 0.5) is 0 Å². The molecule has 3 heterocycles. The molecule has 0 bridgehead atoms. The smallest absolute Gasteiger partial charge is 0.276 e. The molecule has 1 aromatic heterocycles. The molecule has 1 atom stereocenters. The van der Waals surface area contributed by atoms with Crippen LogP contribution in [0.5, 0.6) is 11.5 Å². The number of fused-ring (bicyclic) bond motifs is 1. The van der Waals surface area contributed by atoms with Crippen LogP contribution in [-0.4, -0.2) is 51.6 Å². The second kappa shape index (κ2) is 5.91. The van der Waals surface area contributed by atoms with E-state index >= 15 is 0 Å². The van der Waals surface area contributed by atoms with Crippen LogP contribution in [0, 0.1) is 0 Å². The minimum atomic E-state index is -0.152. The average Bonchev–Trinajstić information content (AvgIpc) is 3.26. The van der Waals surface area contributed by atoms with E-state index < -0.39 is 0 Å². The van der Waals surface area contributed by atoms with Crippen molar-refractivity contribution in [3.63, 3.8) is 0 Å². The zero-order chi connectivity index (χ0) is 15.6. The van der Waals surface area contributed by atoms with Gasteiger partial charge in [-0.25, -0.2) is 4.68 Å². The molecule has 120 valence electrons. The van der Waals surface area contributed by atoms with Gasteiger partial charge in [-0.2, -0.15) is 0 Å². The lowest BCUT2D eigenvalue weighted by atomic mass is 10.2. The van der Waals surface area contributed by atoms with Crippen LogP contribution in [0.2, 0.25) is 0 Å². The molecule has 7 heteroatoms. The molecule has 0 N–H and O–H groups in total. The molecule has 23 heavy (non-hydrogen) atoms. The Kier molecular flexibility index (Phi) is 3.61. The number of para-hydroxylation sites is 2. The van der Waals surface area contributed by atoms with E-state index in [9.17, 15) is 4.79 Å². The molecule has 2 aliphatic heterocycles. The molecular formula is C16H18N4O3. The van der Waals surface area contributed by atoms with Gasteiger partial charge < -0.3 is 14.4 Å². The van der Waals surface area contributed by atoms with Crippen LogP contribution in [0.3, 0.4) is 0 Å². The molecule has 0 saturated carbocycles. The molecule has 0 radical (unpaired) electrons. The number of likely N-dealkylation sites (tertiary alicyclic amines) is 1. The van der Waals surface area contributed by atoms with E-state index in [1.165, 1.54) is 0 Å². The van der Waals surface area contributed by atoms with Crippen LogP contribution in [-0.2, 0) is 6.54 Å². The Morgan fingerprint density at radius 2 is 2.00 bits per heavy atom. The zero-order valence-corrected chi connectivity index (χ0v) is 12.7. The lowest BCUT2D eigenvalue weighted by Gasteiger charge is -2.26. The fourth-order valence-corrected chi connectivity index (χ4v) is 2.93. The van der Waals surface area contributed by atoms with E-state index in [-0.39, 0.29) is 12.0 Å². The summed E-state index contributed by atoms with van der Waals surface area (Å²) in [6.45, 7) is 2.56. The van der Waals surface area contributed by atoms with E-state index in [0.29, 0.717) is 18.8 Å². The number of benzene rings is 1. The summed E-state index contributed by atoms with van der Waals surface area (Å²) in [4.78, 5) is 14.1. The second-order valence-electron chi connectivity index (χ2n) is 5.82. The van der Waals surface area contributed by atoms with E-state index in [1.54, 1.807) is 10.9 Å². The van der Waals surface area contributed by atoms with Gasteiger partial charge in [0.2, 0.25) is 0 Å². The molecule has 1 saturated heterocycles. The van der Waals surface area contributed by atoms with Gasteiger partial charge in [-0.1, -0.05) is 17.3 Å². The van der Waals surface area contributed by atoms with Gasteiger partial charge in [-0.3, -0.25) is 4.79 Å². The van der Waals surface area contributed by atoms with E-state index in [0.717, 1.165) is 37.4 Å². The van der Waals surface area contributed by atoms with Crippen molar-refractivity contribution in [1.29, 1.82) is 0 Å². The van der Waals surface area contributed by atoms with Crippen molar-refractivity contribution in [2.45, 2.75) is 25.5 Å². The molecule has 1 aromatic carbocycles. The lowest BCUT2D eigenvalue weighted by molar-refractivity contribution is 0.0753. The van der Waals surface area contributed by atoms with Crippen LogP contribution in [0.15, 0.2) is 30.5 Å². The minimum absolute atomic E-state index is 0.0418. The average molecular weight is 314 g/mol. The van der Waals surface area contributed by atoms with Crippen molar-refractivity contribution < 1.29 is 14.3 Å². The fourth-order valence-electron chi connectivity index (χ4n) is 2.93. The largest absolute Gasteiger partial charge is 0.486 e. The van der Waals surface area contributed by atoms with E-state index in [1.807, 2.05) is 29.2 Å². The van der Waals surface area contributed by atoms with Gasteiger partial charge in [0.15, 0.2) is 23.3 Å². The number of carbonyl (C=O) groups is 1. The number of amides is 1. The molecule has 2 aliphatic rings. The summed E-state index contributed by atoms with van der Waals surface area (Å²) in [5.41, 5.74) is 0.393. The Morgan fingerprint density at radius 3 is 2.83 bits per heavy atom. The lowest BCUT2D eigenvalue weighted by Crippen LogP contribution is -2.33. The first kappa shape index (κ1) is 14.0. The van der Waals surface area contributed by atoms with Crippen molar-refractivity contribution in [2.24, 2.45) is 0 Å². The van der Waals surface area contributed by atoms with Gasteiger partial charge >= 0.3 is 0 Å². The fraction of sp³-hybridized carbons (Fsp3) is 0.438. The van der Waals surface area contributed by atoms with E-state index in [4.69, 9.17) is 9.47 Å². The quantitative estimate of drug-likeness (QED) is 0.855. The van der Waals surface area contributed by atoms with Crippen LogP contribution >= 0.6 is 0 Å². The topological polar surface area (TPSA) is 69.5 Å². The maximum absolute atomic E-state index is 12.3. The first-order valence-electron chi connectivity index (χ1n) is 7.87. The summed E-state index contributed by atoms with van der Waals surface area (Å²) in [5, 5.41) is 8.04. The van der Waals surface area contributed by atoms with Crippen LogP contribution in [0.1, 0.15) is 23.3 Å². The van der Waals surface area contributed by atoms with Crippen molar-refractivity contribution in [1.82, 2.24) is 19.9 Å². The Labute approximate surface area is 133 Å². The van der Waals surface area contributed by atoms with Gasteiger partial charge in [-0.15, -0.1) is 5.10 Å². The molecule has 4 rings (SSSR count). The van der Waals surface area contributed by atoms with Gasteiger partial charge in [0.05, 0.1) is 12.7 Å². The Bertz CT molecular complexity index is 709. The summed E-state index contributed by atoms with van der Waals surface area (Å²) in [6.07, 6.45) is 3.66. The second-order valence-corrected chi connectivity index (χ2v) is 5.82. The summed E-state index contributed by atoms with van der Waals surface area (Å²) < 4.78 is 13.2. The van der Waals surface area contributed by atoms with Crippen molar-refractivity contribution in [3.8, 4) is 11.5 Å². The highest BCUT2D eigenvalue weighted by molar-refractivity contribution is 5.92. The third-order valence-electron chi connectivity index (χ3n) is 4.11. The molecule has 1 fully saturated rings. The molecule has 0 aliphatic carbocycles. The highest BCUT2D eigenvalue weighted by Gasteiger charge is 2.24. The number of hydrogen-bond acceptors (Lipinski definition) is 5. The highest BCUT2D eigenvalue weighted by atomic mass is 16.6. The van der Waals surface area contributed by atoms with Crippen LogP contribution in [0.25, 0.3) is 0 Å². The van der Waals surface area contributed by atoms with E-state index in [2.05, 4.69) is 10.3 Å². The molecule has 1 amide bonds.